The number of aryl methyl sites for hydroxylation is 1. The number of aliphatic hydroxyl groups is 1. The van der Waals surface area contributed by atoms with E-state index in [2.05, 4.69) is 27.9 Å². The topological polar surface area (TPSA) is 97.0 Å². The number of benzene rings is 2. The molecule has 8 nitrogen and oxygen atoms in total. The van der Waals surface area contributed by atoms with Gasteiger partial charge in [-0.25, -0.2) is 0 Å². The molecule has 0 saturated carbocycles. The molecule has 5 rings (SSSR count). The Bertz CT molecular complexity index is 1260. The molecule has 0 unspecified atom stereocenters. The van der Waals surface area contributed by atoms with Crippen LogP contribution in [-0.2, 0) is 18.4 Å². The minimum atomic E-state index is 0.0120. The number of aromatic nitrogens is 4. The molecule has 8 heteroatoms. The van der Waals surface area contributed by atoms with Crippen LogP contribution in [0.15, 0.2) is 48.8 Å². The van der Waals surface area contributed by atoms with Crippen molar-refractivity contribution in [3.63, 3.8) is 0 Å². The standard InChI is InChI=1S/C22H22N6O2/c1-27-13-15(12-24-27)21-17-11-14(5-6-19(17)28(26-21)9-10-29)16-3-2-4-18-22(16)23-8-7-20(30)25-18/h2-6,11-13,23,29H,7-10H2,1H3,(H,25,30). The largest absolute Gasteiger partial charge is 0.394 e. The summed E-state index contributed by atoms with van der Waals surface area (Å²) in [6.07, 6.45) is 4.17. The van der Waals surface area contributed by atoms with Gasteiger partial charge in [0.2, 0.25) is 5.91 Å². The Morgan fingerprint density at radius 2 is 2.10 bits per heavy atom. The van der Waals surface area contributed by atoms with E-state index in [1.54, 1.807) is 10.9 Å². The smallest absolute Gasteiger partial charge is 0.226 e. The SMILES string of the molecule is Cn1cc(-c2nn(CCO)c3ccc(-c4cccc5c4NCCC(=O)N5)cc23)cn1. The maximum atomic E-state index is 11.9. The highest BCUT2D eigenvalue weighted by atomic mass is 16.3. The summed E-state index contributed by atoms with van der Waals surface area (Å²) in [4.78, 5) is 11.9. The van der Waals surface area contributed by atoms with Crippen LogP contribution >= 0.6 is 0 Å². The average Bonchev–Trinajstić information content (AvgIpc) is 3.26. The van der Waals surface area contributed by atoms with Crippen LogP contribution in [-0.4, -0.2) is 43.7 Å². The van der Waals surface area contributed by atoms with E-state index < -0.39 is 0 Å². The van der Waals surface area contributed by atoms with Crippen LogP contribution in [0.3, 0.4) is 0 Å². The van der Waals surface area contributed by atoms with E-state index in [-0.39, 0.29) is 12.5 Å². The lowest BCUT2D eigenvalue weighted by Gasteiger charge is -2.14. The van der Waals surface area contributed by atoms with Crippen molar-refractivity contribution in [2.45, 2.75) is 13.0 Å². The van der Waals surface area contributed by atoms with Gasteiger partial charge >= 0.3 is 0 Å². The highest BCUT2D eigenvalue weighted by Crippen LogP contribution is 2.38. The monoisotopic (exact) mass is 402 g/mol. The van der Waals surface area contributed by atoms with Crippen molar-refractivity contribution in [1.82, 2.24) is 19.6 Å². The molecular formula is C22H22N6O2. The molecule has 3 heterocycles. The zero-order valence-electron chi connectivity index (χ0n) is 16.6. The van der Waals surface area contributed by atoms with Gasteiger partial charge in [0.25, 0.3) is 0 Å². The van der Waals surface area contributed by atoms with Crippen LogP contribution in [0, 0.1) is 0 Å². The Balaban J connectivity index is 1.69. The maximum Gasteiger partial charge on any atom is 0.226 e. The lowest BCUT2D eigenvalue weighted by molar-refractivity contribution is -0.115. The number of fused-ring (bicyclic) bond motifs is 2. The highest BCUT2D eigenvalue weighted by molar-refractivity contribution is 6.02. The molecule has 0 spiro atoms. The molecule has 0 aliphatic carbocycles. The molecule has 1 aliphatic rings. The Kier molecular flexibility index (Phi) is 4.48. The van der Waals surface area contributed by atoms with Crippen molar-refractivity contribution in [3.8, 4) is 22.4 Å². The van der Waals surface area contributed by atoms with Crippen LogP contribution in [0.4, 0.5) is 11.4 Å². The summed E-state index contributed by atoms with van der Waals surface area (Å²) in [5.41, 5.74) is 6.47. The maximum absolute atomic E-state index is 11.9. The molecule has 0 fully saturated rings. The van der Waals surface area contributed by atoms with Gasteiger partial charge in [0, 0.05) is 42.7 Å². The second kappa shape index (κ2) is 7.31. The molecule has 0 saturated heterocycles. The quantitative estimate of drug-likeness (QED) is 0.488. The third-order valence-corrected chi connectivity index (χ3v) is 5.34. The van der Waals surface area contributed by atoms with Crippen LogP contribution in [0.5, 0.6) is 0 Å². The molecule has 0 atom stereocenters. The van der Waals surface area contributed by atoms with E-state index in [0.717, 1.165) is 44.7 Å². The van der Waals surface area contributed by atoms with Crippen molar-refractivity contribution in [2.75, 3.05) is 23.8 Å². The van der Waals surface area contributed by atoms with Gasteiger partial charge in [0.15, 0.2) is 0 Å². The molecule has 2 aromatic carbocycles. The van der Waals surface area contributed by atoms with Crippen molar-refractivity contribution in [2.24, 2.45) is 7.05 Å². The molecule has 4 aromatic rings. The number of carbonyl (C=O) groups is 1. The first-order valence-corrected chi connectivity index (χ1v) is 9.91. The fourth-order valence-corrected chi connectivity index (χ4v) is 3.97. The molecule has 152 valence electrons. The summed E-state index contributed by atoms with van der Waals surface area (Å²) in [5, 5.41) is 25.8. The van der Waals surface area contributed by atoms with Crippen LogP contribution in [0.2, 0.25) is 0 Å². The van der Waals surface area contributed by atoms with Gasteiger partial charge in [-0.1, -0.05) is 18.2 Å². The Labute approximate surface area is 173 Å². The lowest BCUT2D eigenvalue weighted by atomic mass is 9.99. The number of rotatable bonds is 4. The van der Waals surface area contributed by atoms with Gasteiger partial charge in [0.1, 0.15) is 5.69 Å². The summed E-state index contributed by atoms with van der Waals surface area (Å²) in [7, 11) is 1.88. The third kappa shape index (κ3) is 3.11. The van der Waals surface area contributed by atoms with Crippen molar-refractivity contribution in [3.05, 3.63) is 48.8 Å². The minimum absolute atomic E-state index is 0.0120. The number of nitrogens with one attached hydrogen (secondary N) is 2. The van der Waals surface area contributed by atoms with Crippen LogP contribution < -0.4 is 10.6 Å². The van der Waals surface area contributed by atoms with E-state index >= 15 is 0 Å². The first-order chi connectivity index (χ1) is 14.6. The third-order valence-electron chi connectivity index (χ3n) is 5.34. The van der Waals surface area contributed by atoms with Gasteiger partial charge in [0.05, 0.1) is 36.2 Å². The summed E-state index contributed by atoms with van der Waals surface area (Å²) in [6, 6.07) is 12.1. The first kappa shape index (κ1) is 18.4. The van der Waals surface area contributed by atoms with E-state index in [9.17, 15) is 9.90 Å². The Morgan fingerprint density at radius 3 is 2.90 bits per heavy atom. The van der Waals surface area contributed by atoms with Gasteiger partial charge in [-0.3, -0.25) is 14.2 Å². The molecular weight excluding hydrogens is 380 g/mol. The molecule has 1 amide bonds. The minimum Gasteiger partial charge on any atom is -0.394 e. The highest BCUT2D eigenvalue weighted by Gasteiger charge is 2.18. The normalized spacial score (nSPS) is 13.6. The van der Waals surface area contributed by atoms with E-state index in [1.165, 1.54) is 0 Å². The van der Waals surface area contributed by atoms with Gasteiger partial charge in [-0.2, -0.15) is 10.2 Å². The van der Waals surface area contributed by atoms with Crippen molar-refractivity contribution in [1.29, 1.82) is 0 Å². The average molecular weight is 402 g/mol. The van der Waals surface area contributed by atoms with Crippen molar-refractivity contribution >= 4 is 28.2 Å². The predicted molar refractivity (Wildman–Crippen MR) is 116 cm³/mol. The fraction of sp³-hybridized carbons (Fsp3) is 0.227. The van der Waals surface area contributed by atoms with E-state index in [4.69, 9.17) is 5.10 Å². The summed E-state index contributed by atoms with van der Waals surface area (Å²) < 4.78 is 3.57. The van der Waals surface area contributed by atoms with Gasteiger partial charge in [-0.05, 0) is 23.8 Å². The number of hydrogen-bond donors (Lipinski definition) is 3. The number of amides is 1. The molecule has 30 heavy (non-hydrogen) atoms. The number of aliphatic hydroxyl groups excluding tert-OH is 1. The summed E-state index contributed by atoms with van der Waals surface area (Å²) >= 11 is 0. The van der Waals surface area contributed by atoms with E-state index in [0.29, 0.717) is 19.5 Å². The number of nitrogens with zero attached hydrogens (tertiary/aromatic N) is 4. The van der Waals surface area contributed by atoms with Gasteiger partial charge < -0.3 is 15.7 Å². The Hall–Kier alpha value is -3.65. The molecule has 0 bridgehead atoms. The van der Waals surface area contributed by atoms with Crippen molar-refractivity contribution < 1.29 is 9.90 Å². The second-order valence-electron chi connectivity index (χ2n) is 7.38. The zero-order valence-corrected chi connectivity index (χ0v) is 16.6. The van der Waals surface area contributed by atoms with Gasteiger partial charge in [-0.15, -0.1) is 0 Å². The number of hydrogen-bond acceptors (Lipinski definition) is 5. The lowest BCUT2D eigenvalue weighted by Crippen LogP contribution is -2.10. The number of anilines is 2. The molecule has 2 aromatic heterocycles. The molecule has 3 N–H and O–H groups in total. The zero-order chi connectivity index (χ0) is 20.7. The second-order valence-corrected chi connectivity index (χ2v) is 7.38. The Morgan fingerprint density at radius 1 is 1.20 bits per heavy atom. The number of para-hydroxylation sites is 1. The molecule has 0 radical (unpaired) electrons. The van der Waals surface area contributed by atoms with Crippen LogP contribution in [0.1, 0.15) is 6.42 Å². The van der Waals surface area contributed by atoms with Crippen LogP contribution in [0.25, 0.3) is 33.3 Å². The molecule has 1 aliphatic heterocycles. The number of carbonyl (C=O) groups excluding carboxylic acids is 1. The fourth-order valence-electron chi connectivity index (χ4n) is 3.97. The first-order valence-electron chi connectivity index (χ1n) is 9.91. The van der Waals surface area contributed by atoms with E-state index in [1.807, 2.05) is 42.2 Å². The summed E-state index contributed by atoms with van der Waals surface area (Å²) in [6.45, 7) is 1.03. The summed E-state index contributed by atoms with van der Waals surface area (Å²) in [5.74, 6) is 0.0120. The predicted octanol–water partition coefficient (Wildman–Crippen LogP) is 2.85.